The number of amides is 1. The molecule has 0 aliphatic rings. The van der Waals surface area contributed by atoms with Crippen molar-refractivity contribution in [3.63, 3.8) is 0 Å². The SMILES string of the molecule is COc1ccccc1CCNC(=O)CSc1nnc(-c2ccco2)n1Cc1ccccc1. The average molecular weight is 449 g/mol. The number of ether oxygens (including phenoxy) is 1. The fourth-order valence-electron chi connectivity index (χ4n) is 3.32. The lowest BCUT2D eigenvalue weighted by Gasteiger charge is -2.10. The van der Waals surface area contributed by atoms with Gasteiger partial charge in [-0.05, 0) is 35.7 Å². The molecule has 4 aromatic rings. The monoisotopic (exact) mass is 448 g/mol. The summed E-state index contributed by atoms with van der Waals surface area (Å²) < 4.78 is 12.9. The molecule has 1 amide bonds. The molecule has 0 aliphatic carbocycles. The molecular formula is C24H24N4O3S. The van der Waals surface area contributed by atoms with Gasteiger partial charge in [0.2, 0.25) is 11.7 Å². The average Bonchev–Trinajstić information content (AvgIpc) is 3.49. The van der Waals surface area contributed by atoms with Gasteiger partial charge in [-0.3, -0.25) is 9.36 Å². The normalized spacial score (nSPS) is 10.8. The zero-order chi connectivity index (χ0) is 22.2. The summed E-state index contributed by atoms with van der Waals surface area (Å²) in [5.74, 6) is 2.30. The molecule has 0 spiro atoms. The number of furan rings is 1. The first-order chi connectivity index (χ1) is 15.7. The van der Waals surface area contributed by atoms with Crippen molar-refractivity contribution in [2.24, 2.45) is 0 Å². The molecule has 164 valence electrons. The number of nitrogens with zero attached hydrogens (tertiary/aromatic N) is 3. The van der Waals surface area contributed by atoms with Crippen LogP contribution < -0.4 is 10.1 Å². The van der Waals surface area contributed by atoms with Crippen LogP contribution in [0, 0.1) is 0 Å². The van der Waals surface area contributed by atoms with E-state index < -0.39 is 0 Å². The van der Waals surface area contributed by atoms with Crippen molar-refractivity contribution >= 4 is 17.7 Å². The minimum atomic E-state index is -0.0568. The number of carbonyl (C=O) groups is 1. The highest BCUT2D eigenvalue weighted by atomic mass is 32.2. The molecule has 0 atom stereocenters. The fraction of sp³-hybridized carbons (Fsp3) is 0.208. The first kappa shape index (κ1) is 21.7. The molecule has 2 aromatic heterocycles. The molecule has 0 saturated heterocycles. The van der Waals surface area contributed by atoms with E-state index >= 15 is 0 Å². The molecule has 4 rings (SSSR count). The maximum Gasteiger partial charge on any atom is 0.230 e. The molecule has 8 heteroatoms. The van der Waals surface area contributed by atoms with Crippen molar-refractivity contribution < 1.29 is 13.9 Å². The Morgan fingerprint density at radius 1 is 1.06 bits per heavy atom. The van der Waals surface area contributed by atoms with E-state index in [1.807, 2.05) is 71.3 Å². The van der Waals surface area contributed by atoms with Crippen LogP contribution in [0.3, 0.4) is 0 Å². The van der Waals surface area contributed by atoms with Crippen LogP contribution in [0.25, 0.3) is 11.6 Å². The van der Waals surface area contributed by atoms with Crippen LogP contribution in [0.1, 0.15) is 11.1 Å². The Kier molecular flexibility index (Phi) is 7.24. The minimum absolute atomic E-state index is 0.0568. The second-order valence-electron chi connectivity index (χ2n) is 7.06. The largest absolute Gasteiger partial charge is 0.496 e. The molecule has 0 bridgehead atoms. The lowest BCUT2D eigenvalue weighted by molar-refractivity contribution is -0.118. The van der Waals surface area contributed by atoms with Gasteiger partial charge in [-0.1, -0.05) is 60.3 Å². The summed E-state index contributed by atoms with van der Waals surface area (Å²) in [4.78, 5) is 12.4. The van der Waals surface area contributed by atoms with Crippen LogP contribution in [0.5, 0.6) is 5.75 Å². The van der Waals surface area contributed by atoms with Gasteiger partial charge in [0, 0.05) is 6.54 Å². The third-order valence-corrected chi connectivity index (χ3v) is 5.85. The van der Waals surface area contributed by atoms with Gasteiger partial charge in [0.1, 0.15) is 5.75 Å². The number of nitrogens with one attached hydrogen (secondary N) is 1. The smallest absolute Gasteiger partial charge is 0.230 e. The number of hydrogen-bond acceptors (Lipinski definition) is 6. The summed E-state index contributed by atoms with van der Waals surface area (Å²) in [6, 6.07) is 21.5. The Hall–Kier alpha value is -3.52. The van der Waals surface area contributed by atoms with E-state index in [4.69, 9.17) is 9.15 Å². The van der Waals surface area contributed by atoms with E-state index in [2.05, 4.69) is 15.5 Å². The Balaban J connectivity index is 1.38. The highest BCUT2D eigenvalue weighted by molar-refractivity contribution is 7.99. The van der Waals surface area contributed by atoms with Gasteiger partial charge in [-0.2, -0.15) is 0 Å². The van der Waals surface area contributed by atoms with Gasteiger partial charge in [0.15, 0.2) is 10.9 Å². The van der Waals surface area contributed by atoms with E-state index in [-0.39, 0.29) is 11.7 Å². The van der Waals surface area contributed by atoms with Crippen molar-refractivity contribution in [3.8, 4) is 17.3 Å². The van der Waals surface area contributed by atoms with Crippen LogP contribution in [0.2, 0.25) is 0 Å². The quantitative estimate of drug-likeness (QED) is 0.369. The molecule has 2 heterocycles. The summed E-state index contributed by atoms with van der Waals surface area (Å²) in [6.07, 6.45) is 2.31. The maximum absolute atomic E-state index is 12.4. The second kappa shape index (κ2) is 10.7. The molecule has 2 aromatic carbocycles. The van der Waals surface area contributed by atoms with Gasteiger partial charge >= 0.3 is 0 Å². The third-order valence-electron chi connectivity index (χ3n) is 4.88. The fourth-order valence-corrected chi connectivity index (χ4v) is 4.09. The Morgan fingerprint density at radius 3 is 2.66 bits per heavy atom. The minimum Gasteiger partial charge on any atom is -0.496 e. The Morgan fingerprint density at radius 2 is 1.88 bits per heavy atom. The van der Waals surface area contributed by atoms with Crippen molar-refractivity contribution in [1.82, 2.24) is 20.1 Å². The highest BCUT2D eigenvalue weighted by Gasteiger charge is 2.17. The maximum atomic E-state index is 12.4. The third kappa shape index (κ3) is 5.39. The van der Waals surface area contributed by atoms with E-state index in [1.54, 1.807) is 13.4 Å². The second-order valence-corrected chi connectivity index (χ2v) is 8.00. The predicted molar refractivity (Wildman–Crippen MR) is 124 cm³/mol. The van der Waals surface area contributed by atoms with Crippen molar-refractivity contribution in [1.29, 1.82) is 0 Å². The molecule has 0 unspecified atom stereocenters. The highest BCUT2D eigenvalue weighted by Crippen LogP contribution is 2.25. The van der Waals surface area contributed by atoms with Gasteiger partial charge in [-0.25, -0.2) is 0 Å². The van der Waals surface area contributed by atoms with E-state index in [0.29, 0.717) is 36.3 Å². The first-order valence-electron chi connectivity index (χ1n) is 10.3. The Labute approximate surface area is 190 Å². The molecule has 0 aliphatic heterocycles. The van der Waals surface area contributed by atoms with Crippen LogP contribution in [0.4, 0.5) is 0 Å². The standard InChI is InChI=1S/C24H24N4O3S/c1-30-20-11-6-5-10-19(20)13-14-25-22(29)17-32-24-27-26-23(21-12-7-15-31-21)28(24)16-18-8-3-2-4-9-18/h2-12,15H,13-14,16-17H2,1H3,(H,25,29). The Bertz CT molecular complexity index is 1140. The number of hydrogen-bond donors (Lipinski definition) is 1. The van der Waals surface area contributed by atoms with Crippen LogP contribution >= 0.6 is 11.8 Å². The number of carbonyl (C=O) groups excluding carboxylic acids is 1. The molecule has 0 fully saturated rings. The van der Waals surface area contributed by atoms with Gasteiger partial charge in [0.05, 0.1) is 25.7 Å². The first-order valence-corrected chi connectivity index (χ1v) is 11.3. The summed E-state index contributed by atoms with van der Waals surface area (Å²) in [6.45, 7) is 1.12. The van der Waals surface area contributed by atoms with E-state index in [0.717, 1.165) is 16.9 Å². The van der Waals surface area contributed by atoms with Gasteiger partial charge < -0.3 is 14.5 Å². The zero-order valence-corrected chi connectivity index (χ0v) is 18.5. The molecule has 0 saturated carbocycles. The topological polar surface area (TPSA) is 82.2 Å². The van der Waals surface area contributed by atoms with Gasteiger partial charge in [0.25, 0.3) is 0 Å². The number of methoxy groups -OCH3 is 1. The van der Waals surface area contributed by atoms with Crippen molar-refractivity contribution in [2.45, 2.75) is 18.1 Å². The summed E-state index contributed by atoms with van der Waals surface area (Å²) in [7, 11) is 1.65. The van der Waals surface area contributed by atoms with E-state index in [1.165, 1.54) is 11.8 Å². The zero-order valence-electron chi connectivity index (χ0n) is 17.7. The van der Waals surface area contributed by atoms with Gasteiger partial charge in [-0.15, -0.1) is 10.2 Å². The summed E-state index contributed by atoms with van der Waals surface area (Å²) >= 11 is 1.36. The van der Waals surface area contributed by atoms with Crippen molar-refractivity contribution in [3.05, 3.63) is 84.1 Å². The summed E-state index contributed by atoms with van der Waals surface area (Å²) in [5.41, 5.74) is 2.18. The number of benzene rings is 2. The number of thioether (sulfide) groups is 1. The van der Waals surface area contributed by atoms with E-state index in [9.17, 15) is 4.79 Å². The lowest BCUT2D eigenvalue weighted by atomic mass is 10.1. The molecular weight excluding hydrogens is 424 g/mol. The molecule has 1 N–H and O–H groups in total. The molecule has 7 nitrogen and oxygen atoms in total. The van der Waals surface area contributed by atoms with Crippen LogP contribution in [-0.2, 0) is 17.8 Å². The number of para-hydroxylation sites is 1. The lowest BCUT2D eigenvalue weighted by Crippen LogP contribution is -2.27. The number of rotatable bonds is 10. The predicted octanol–water partition coefficient (Wildman–Crippen LogP) is 4.05. The summed E-state index contributed by atoms with van der Waals surface area (Å²) in [5, 5.41) is 12.2. The van der Waals surface area contributed by atoms with Crippen molar-refractivity contribution in [2.75, 3.05) is 19.4 Å². The van der Waals surface area contributed by atoms with Crippen LogP contribution in [0.15, 0.2) is 82.6 Å². The number of aromatic nitrogens is 3. The molecule has 0 radical (unpaired) electrons. The molecule has 32 heavy (non-hydrogen) atoms. The van der Waals surface area contributed by atoms with Crippen LogP contribution in [-0.4, -0.2) is 40.1 Å².